The quantitative estimate of drug-likeness (QED) is 0.632. The molecule has 0 aromatic rings. The maximum absolute atomic E-state index is 10.7. The van der Waals surface area contributed by atoms with E-state index in [1.807, 2.05) is 0 Å². The number of carbonyl (C=O) groups is 1. The van der Waals surface area contributed by atoms with Crippen molar-refractivity contribution in [2.24, 2.45) is 0 Å². The van der Waals surface area contributed by atoms with Crippen LogP contribution in [-0.2, 0) is 14.3 Å². The van der Waals surface area contributed by atoms with Crippen LogP contribution < -0.4 is 0 Å². The minimum Gasteiger partial charge on any atom is -0.465 e. The summed E-state index contributed by atoms with van der Waals surface area (Å²) in [6.45, 7) is 0.456. The van der Waals surface area contributed by atoms with Gasteiger partial charge in [0.05, 0.1) is 18.9 Å². The van der Waals surface area contributed by atoms with Gasteiger partial charge < -0.3 is 10.0 Å². The third-order valence-electron chi connectivity index (χ3n) is 1.73. The van der Waals surface area contributed by atoms with Gasteiger partial charge in [0.1, 0.15) is 0 Å². The lowest BCUT2D eigenvalue weighted by Gasteiger charge is -2.11. The average Bonchev–Trinajstić information content (AvgIpc) is 2.31. The van der Waals surface area contributed by atoms with Crippen molar-refractivity contribution in [2.45, 2.75) is 12.5 Å². The van der Waals surface area contributed by atoms with E-state index >= 15 is 0 Å². The Morgan fingerprint density at radius 3 is 2.62 bits per heavy atom. The molecule has 13 heavy (non-hydrogen) atoms. The van der Waals surface area contributed by atoms with E-state index in [9.17, 15) is 13.2 Å². The minimum atomic E-state index is -3.48. The van der Waals surface area contributed by atoms with E-state index in [1.54, 1.807) is 0 Å². The lowest BCUT2D eigenvalue weighted by Crippen LogP contribution is -2.29. The summed E-state index contributed by atoms with van der Waals surface area (Å²) >= 11 is 0. The Morgan fingerprint density at radius 2 is 2.23 bits per heavy atom. The number of likely N-dealkylation sites (tertiary alicyclic amines) is 1. The molecule has 1 atom stereocenters. The van der Waals surface area contributed by atoms with Gasteiger partial charge in [-0.05, 0) is 6.42 Å². The smallest absolute Gasteiger partial charge is 0.407 e. The highest BCUT2D eigenvalue weighted by atomic mass is 32.2. The van der Waals surface area contributed by atoms with Gasteiger partial charge in [-0.25, -0.2) is 4.79 Å². The van der Waals surface area contributed by atoms with Crippen LogP contribution in [0.25, 0.3) is 0 Å². The molecule has 6 nitrogen and oxygen atoms in total. The molecule has 1 heterocycles. The average molecular weight is 209 g/mol. The number of rotatable bonds is 2. The number of hydrogen-bond donors (Lipinski definition) is 1. The number of carboxylic acid groups (broad SMARTS) is 1. The summed E-state index contributed by atoms with van der Waals surface area (Å²) < 4.78 is 26.0. The summed E-state index contributed by atoms with van der Waals surface area (Å²) in [4.78, 5) is 11.6. The first-order valence-electron chi connectivity index (χ1n) is 3.74. The van der Waals surface area contributed by atoms with Crippen LogP contribution in [0.4, 0.5) is 4.79 Å². The molecule has 0 aromatic heterocycles. The summed E-state index contributed by atoms with van der Waals surface area (Å²) in [5.41, 5.74) is 0. The Labute approximate surface area is 76.2 Å². The van der Waals surface area contributed by atoms with Crippen molar-refractivity contribution in [1.82, 2.24) is 4.90 Å². The van der Waals surface area contributed by atoms with Crippen molar-refractivity contribution in [3.8, 4) is 0 Å². The predicted octanol–water partition coefficient (Wildman–Crippen LogP) is -0.285. The zero-order valence-corrected chi connectivity index (χ0v) is 7.95. The Bertz CT molecular complexity index is 298. The molecule has 0 aliphatic carbocycles. The van der Waals surface area contributed by atoms with E-state index in [1.165, 1.54) is 0 Å². The minimum absolute atomic E-state index is 0.127. The van der Waals surface area contributed by atoms with Gasteiger partial charge in [0.15, 0.2) is 0 Å². The monoisotopic (exact) mass is 209 g/mol. The van der Waals surface area contributed by atoms with Crippen molar-refractivity contribution >= 4 is 16.2 Å². The Morgan fingerprint density at radius 1 is 1.62 bits per heavy atom. The molecule has 0 spiro atoms. The molecule has 1 saturated heterocycles. The fourth-order valence-electron chi connectivity index (χ4n) is 1.23. The largest absolute Gasteiger partial charge is 0.465 e. The molecule has 1 amide bonds. The van der Waals surface area contributed by atoms with Crippen LogP contribution >= 0.6 is 0 Å². The van der Waals surface area contributed by atoms with Gasteiger partial charge in [0.25, 0.3) is 10.1 Å². The second-order valence-electron chi connectivity index (χ2n) is 2.94. The molecular weight excluding hydrogens is 198 g/mol. The summed E-state index contributed by atoms with van der Waals surface area (Å²) in [6.07, 6.45) is -0.179. The first-order chi connectivity index (χ1) is 5.88. The third-order valence-corrected chi connectivity index (χ3v) is 2.35. The van der Waals surface area contributed by atoms with Crippen LogP contribution in [-0.4, -0.2) is 50.0 Å². The first-order valence-corrected chi connectivity index (χ1v) is 5.56. The zero-order chi connectivity index (χ0) is 10.1. The number of hydrogen-bond acceptors (Lipinski definition) is 4. The van der Waals surface area contributed by atoms with E-state index < -0.39 is 22.3 Å². The van der Waals surface area contributed by atoms with Crippen molar-refractivity contribution in [2.75, 3.05) is 19.3 Å². The second kappa shape index (κ2) is 3.51. The van der Waals surface area contributed by atoms with Gasteiger partial charge in [-0.3, -0.25) is 4.18 Å². The highest BCUT2D eigenvalue weighted by Gasteiger charge is 2.28. The van der Waals surface area contributed by atoms with Crippen LogP contribution in [0.5, 0.6) is 0 Å². The molecule has 76 valence electrons. The van der Waals surface area contributed by atoms with Crippen LogP contribution in [0.3, 0.4) is 0 Å². The fourth-order valence-corrected chi connectivity index (χ4v) is 1.88. The Hall–Kier alpha value is -0.820. The summed E-state index contributed by atoms with van der Waals surface area (Å²) in [7, 11) is -3.48. The van der Waals surface area contributed by atoms with Gasteiger partial charge in [-0.15, -0.1) is 0 Å². The lowest BCUT2D eigenvalue weighted by atomic mass is 10.3. The van der Waals surface area contributed by atoms with E-state index in [4.69, 9.17) is 5.11 Å². The van der Waals surface area contributed by atoms with Gasteiger partial charge in [-0.2, -0.15) is 8.42 Å². The number of nitrogens with zero attached hydrogens (tertiary/aromatic N) is 1. The van der Waals surface area contributed by atoms with Crippen molar-refractivity contribution in [3.05, 3.63) is 0 Å². The molecule has 1 aliphatic rings. The van der Waals surface area contributed by atoms with E-state index in [0.717, 1.165) is 11.2 Å². The molecule has 0 unspecified atom stereocenters. The molecule has 0 saturated carbocycles. The molecule has 1 fully saturated rings. The van der Waals surface area contributed by atoms with Crippen LogP contribution in [0.15, 0.2) is 0 Å². The molecule has 1 N–H and O–H groups in total. The summed E-state index contributed by atoms with van der Waals surface area (Å²) in [6, 6.07) is 0. The molecule has 0 radical (unpaired) electrons. The maximum Gasteiger partial charge on any atom is 0.407 e. The lowest BCUT2D eigenvalue weighted by molar-refractivity contribution is 0.146. The molecule has 7 heteroatoms. The maximum atomic E-state index is 10.7. The van der Waals surface area contributed by atoms with Crippen molar-refractivity contribution in [3.63, 3.8) is 0 Å². The molecule has 1 rings (SSSR count). The van der Waals surface area contributed by atoms with Crippen molar-refractivity contribution < 1.29 is 22.5 Å². The van der Waals surface area contributed by atoms with Gasteiger partial charge in [0.2, 0.25) is 0 Å². The van der Waals surface area contributed by atoms with E-state index in [2.05, 4.69) is 4.18 Å². The van der Waals surface area contributed by atoms with Gasteiger partial charge in [-0.1, -0.05) is 0 Å². The van der Waals surface area contributed by atoms with Gasteiger partial charge >= 0.3 is 6.09 Å². The first kappa shape index (κ1) is 10.3. The molecule has 0 bridgehead atoms. The summed E-state index contributed by atoms with van der Waals surface area (Å²) in [5, 5.41) is 8.55. The normalized spacial score (nSPS) is 23.5. The number of amides is 1. The SMILES string of the molecule is CS(=O)(=O)O[C@@H]1CCN(C(=O)O)C1. The third kappa shape index (κ3) is 3.19. The zero-order valence-electron chi connectivity index (χ0n) is 7.13. The highest BCUT2D eigenvalue weighted by Crippen LogP contribution is 2.14. The van der Waals surface area contributed by atoms with E-state index in [-0.39, 0.29) is 6.54 Å². The van der Waals surface area contributed by atoms with Crippen molar-refractivity contribution in [1.29, 1.82) is 0 Å². The highest BCUT2D eigenvalue weighted by molar-refractivity contribution is 7.86. The molecule has 1 aliphatic heterocycles. The molecule has 0 aromatic carbocycles. The van der Waals surface area contributed by atoms with Crippen LogP contribution in [0.2, 0.25) is 0 Å². The second-order valence-corrected chi connectivity index (χ2v) is 4.54. The topological polar surface area (TPSA) is 83.9 Å². The Kier molecular flexibility index (Phi) is 2.77. The van der Waals surface area contributed by atoms with E-state index in [0.29, 0.717) is 13.0 Å². The standard InChI is InChI=1S/C6H11NO5S/c1-13(10,11)12-5-2-3-7(4-5)6(8)9/h5H,2-4H2,1H3,(H,8,9)/t5-/m1/s1. The van der Waals surface area contributed by atoms with Gasteiger partial charge in [0, 0.05) is 6.54 Å². The fraction of sp³-hybridized carbons (Fsp3) is 0.833. The summed E-state index contributed by atoms with van der Waals surface area (Å²) in [5.74, 6) is 0. The Balaban J connectivity index is 2.47. The molecular formula is C6H11NO5S. The van der Waals surface area contributed by atoms with Crippen LogP contribution in [0.1, 0.15) is 6.42 Å². The van der Waals surface area contributed by atoms with Crippen LogP contribution in [0, 0.1) is 0 Å². The predicted molar refractivity (Wildman–Crippen MR) is 43.9 cm³/mol.